The van der Waals surface area contributed by atoms with Crippen molar-refractivity contribution in [3.05, 3.63) is 41.5 Å². The van der Waals surface area contributed by atoms with Crippen LogP contribution < -0.4 is 15.4 Å². The zero-order valence-corrected chi connectivity index (χ0v) is 11.6. The molecule has 6 nitrogen and oxygen atoms in total. The van der Waals surface area contributed by atoms with Crippen molar-refractivity contribution in [1.29, 1.82) is 0 Å². The number of rotatable bonds is 3. The van der Waals surface area contributed by atoms with Gasteiger partial charge in [0.25, 0.3) is 0 Å². The number of anilines is 2. The summed E-state index contributed by atoms with van der Waals surface area (Å²) in [6, 6.07) is 8.74. The molecule has 0 saturated carbocycles. The highest BCUT2D eigenvalue weighted by molar-refractivity contribution is 5.99. The number of hydrogen-bond acceptors (Lipinski definition) is 4. The summed E-state index contributed by atoms with van der Waals surface area (Å²) in [6.07, 6.45) is 0. The lowest BCUT2D eigenvalue weighted by Gasteiger charge is -2.10. The minimum atomic E-state index is -0.363. The fourth-order valence-electron chi connectivity index (χ4n) is 1.64. The van der Waals surface area contributed by atoms with Crippen LogP contribution in [0.15, 0.2) is 30.3 Å². The molecule has 0 fully saturated rings. The van der Waals surface area contributed by atoms with Crippen molar-refractivity contribution >= 4 is 17.5 Å². The largest absolute Gasteiger partial charge is 0.480 e. The van der Waals surface area contributed by atoms with Gasteiger partial charge in [-0.15, -0.1) is 10.2 Å². The number of benzene rings is 1. The van der Waals surface area contributed by atoms with Gasteiger partial charge in [-0.3, -0.25) is 5.32 Å². The van der Waals surface area contributed by atoms with Gasteiger partial charge in [-0.1, -0.05) is 12.1 Å². The molecule has 6 heteroatoms. The summed E-state index contributed by atoms with van der Waals surface area (Å²) in [5.74, 6) is 0.749. The van der Waals surface area contributed by atoms with Gasteiger partial charge < -0.3 is 10.1 Å². The first-order valence-electron chi connectivity index (χ1n) is 6.11. The highest BCUT2D eigenvalue weighted by Gasteiger charge is 2.06. The maximum absolute atomic E-state index is 11.9. The Morgan fingerprint density at radius 1 is 1.10 bits per heavy atom. The first-order chi connectivity index (χ1) is 9.58. The second-order valence-corrected chi connectivity index (χ2v) is 4.36. The van der Waals surface area contributed by atoms with Crippen LogP contribution in [-0.2, 0) is 0 Å². The minimum Gasteiger partial charge on any atom is -0.480 e. The van der Waals surface area contributed by atoms with Crippen LogP contribution >= 0.6 is 0 Å². The smallest absolute Gasteiger partial charge is 0.324 e. The van der Waals surface area contributed by atoms with Crippen LogP contribution in [-0.4, -0.2) is 23.3 Å². The molecule has 0 bridgehead atoms. The zero-order chi connectivity index (χ0) is 14.5. The van der Waals surface area contributed by atoms with Crippen LogP contribution in [0, 0.1) is 13.8 Å². The van der Waals surface area contributed by atoms with Crippen molar-refractivity contribution in [2.24, 2.45) is 0 Å². The van der Waals surface area contributed by atoms with Crippen molar-refractivity contribution in [1.82, 2.24) is 10.2 Å². The number of methoxy groups -OCH3 is 1. The van der Waals surface area contributed by atoms with Crippen LogP contribution in [0.25, 0.3) is 0 Å². The molecule has 2 rings (SSSR count). The van der Waals surface area contributed by atoms with Crippen molar-refractivity contribution in [3.63, 3.8) is 0 Å². The number of ether oxygens (including phenoxy) is 1. The summed E-state index contributed by atoms with van der Waals surface area (Å²) in [5.41, 5.74) is 2.84. The Morgan fingerprint density at radius 2 is 1.90 bits per heavy atom. The monoisotopic (exact) mass is 272 g/mol. The van der Waals surface area contributed by atoms with E-state index in [1.165, 1.54) is 7.11 Å². The van der Waals surface area contributed by atoms with Crippen LogP contribution in [0.2, 0.25) is 0 Å². The summed E-state index contributed by atoms with van der Waals surface area (Å²) < 4.78 is 4.90. The van der Waals surface area contributed by atoms with E-state index in [2.05, 4.69) is 20.8 Å². The van der Waals surface area contributed by atoms with Gasteiger partial charge in [0.2, 0.25) is 5.88 Å². The van der Waals surface area contributed by atoms with Crippen LogP contribution in [0.3, 0.4) is 0 Å². The first kappa shape index (κ1) is 13.8. The summed E-state index contributed by atoms with van der Waals surface area (Å²) in [4.78, 5) is 11.9. The Bertz CT molecular complexity index is 611. The molecule has 2 amide bonds. The van der Waals surface area contributed by atoms with E-state index in [0.29, 0.717) is 11.7 Å². The number of carbonyl (C=O) groups is 1. The topological polar surface area (TPSA) is 76.1 Å². The summed E-state index contributed by atoms with van der Waals surface area (Å²) >= 11 is 0. The minimum absolute atomic E-state index is 0.355. The Morgan fingerprint density at radius 3 is 2.55 bits per heavy atom. The van der Waals surface area contributed by atoms with E-state index >= 15 is 0 Å². The number of amides is 2. The molecule has 1 aromatic carbocycles. The van der Waals surface area contributed by atoms with Crippen molar-refractivity contribution in [2.75, 3.05) is 17.7 Å². The molecule has 20 heavy (non-hydrogen) atoms. The highest BCUT2D eigenvalue weighted by Crippen LogP contribution is 2.16. The first-order valence-corrected chi connectivity index (χ1v) is 6.11. The molecule has 2 aromatic rings. The zero-order valence-electron chi connectivity index (χ0n) is 11.6. The van der Waals surface area contributed by atoms with Crippen molar-refractivity contribution in [3.8, 4) is 5.88 Å². The van der Waals surface area contributed by atoms with E-state index in [1.54, 1.807) is 12.1 Å². The van der Waals surface area contributed by atoms with Gasteiger partial charge in [0.15, 0.2) is 5.82 Å². The molecule has 1 heterocycles. The van der Waals surface area contributed by atoms with Gasteiger partial charge in [0, 0.05) is 11.8 Å². The lowest BCUT2D eigenvalue weighted by Crippen LogP contribution is -2.20. The third-order valence-corrected chi connectivity index (χ3v) is 2.73. The van der Waals surface area contributed by atoms with Crippen molar-refractivity contribution < 1.29 is 9.53 Å². The molecule has 0 aliphatic heterocycles. The Labute approximate surface area is 117 Å². The Hall–Kier alpha value is -2.63. The van der Waals surface area contributed by atoms with Gasteiger partial charge in [-0.2, -0.15) is 0 Å². The van der Waals surface area contributed by atoms with Crippen molar-refractivity contribution in [2.45, 2.75) is 13.8 Å². The highest BCUT2D eigenvalue weighted by atomic mass is 16.5. The molecule has 104 valence electrons. The summed E-state index contributed by atoms with van der Waals surface area (Å²) in [7, 11) is 1.50. The molecule has 0 radical (unpaired) electrons. The third kappa shape index (κ3) is 3.44. The number of aromatic nitrogens is 2. The number of aryl methyl sites for hydroxylation is 2. The third-order valence-electron chi connectivity index (χ3n) is 2.73. The number of nitrogens with one attached hydrogen (secondary N) is 2. The van der Waals surface area contributed by atoms with Gasteiger partial charge in [0.1, 0.15) is 0 Å². The normalized spacial score (nSPS) is 9.95. The molecule has 0 aliphatic carbocycles. The summed E-state index contributed by atoms with van der Waals surface area (Å²) in [5, 5.41) is 13.0. The lowest BCUT2D eigenvalue weighted by atomic mass is 10.1. The van der Waals surface area contributed by atoms with E-state index in [1.807, 2.05) is 32.0 Å². The average Bonchev–Trinajstić information content (AvgIpc) is 2.43. The number of nitrogens with zero attached hydrogens (tertiary/aromatic N) is 2. The van der Waals surface area contributed by atoms with E-state index in [9.17, 15) is 4.79 Å². The van der Waals surface area contributed by atoms with Gasteiger partial charge >= 0.3 is 6.03 Å². The van der Waals surface area contributed by atoms with E-state index in [0.717, 1.165) is 16.8 Å². The maximum atomic E-state index is 11.9. The molecule has 0 spiro atoms. The summed E-state index contributed by atoms with van der Waals surface area (Å²) in [6.45, 7) is 3.90. The fourth-order valence-corrected chi connectivity index (χ4v) is 1.64. The molecule has 0 unspecified atom stereocenters. The molecule has 0 aliphatic rings. The molecular formula is C14H16N4O2. The molecular weight excluding hydrogens is 256 g/mol. The number of urea groups is 1. The average molecular weight is 272 g/mol. The van der Waals surface area contributed by atoms with Crippen LogP contribution in [0.5, 0.6) is 5.88 Å². The predicted molar refractivity (Wildman–Crippen MR) is 77.1 cm³/mol. The Balaban J connectivity index is 2.03. The maximum Gasteiger partial charge on any atom is 0.324 e. The van der Waals surface area contributed by atoms with E-state index in [4.69, 9.17) is 4.74 Å². The van der Waals surface area contributed by atoms with E-state index in [-0.39, 0.29) is 6.03 Å². The second-order valence-electron chi connectivity index (χ2n) is 4.36. The fraction of sp³-hybridized carbons (Fsp3) is 0.214. The number of carbonyl (C=O) groups excluding carboxylic acids is 1. The van der Waals surface area contributed by atoms with Crippen LogP contribution in [0.4, 0.5) is 16.3 Å². The molecule has 2 N–H and O–H groups in total. The molecule has 1 aromatic heterocycles. The van der Waals surface area contributed by atoms with Gasteiger partial charge in [-0.05, 0) is 37.1 Å². The van der Waals surface area contributed by atoms with Gasteiger partial charge in [0.05, 0.1) is 7.11 Å². The second kappa shape index (κ2) is 6.01. The SMILES string of the molecule is COc1ccc(NC(=O)Nc2cc(C)ccc2C)nn1. The van der Waals surface area contributed by atoms with Crippen LogP contribution in [0.1, 0.15) is 11.1 Å². The molecule has 0 saturated heterocycles. The Kier molecular flexibility index (Phi) is 4.14. The lowest BCUT2D eigenvalue weighted by molar-refractivity contribution is 0.262. The molecule has 0 atom stereocenters. The van der Waals surface area contributed by atoms with Gasteiger partial charge in [-0.25, -0.2) is 4.79 Å². The number of hydrogen-bond donors (Lipinski definition) is 2. The predicted octanol–water partition coefficient (Wildman–Crippen LogP) is 2.75. The quantitative estimate of drug-likeness (QED) is 0.900. The van der Waals surface area contributed by atoms with E-state index < -0.39 is 0 Å². The standard InChI is InChI=1S/C14H16N4O2/c1-9-4-5-10(2)11(8-9)15-14(19)16-12-6-7-13(20-3)18-17-12/h4-8H,1-3H3,(H2,15,16,17,19).